The molecule has 0 spiro atoms. The van der Waals surface area contributed by atoms with Crippen LogP contribution >= 0.6 is 0 Å². The minimum absolute atomic E-state index is 0.0275. The van der Waals surface area contributed by atoms with Gasteiger partial charge in [-0.15, -0.1) is 0 Å². The Balaban J connectivity index is 2.01. The van der Waals surface area contributed by atoms with Crippen LogP contribution in [-0.4, -0.2) is 32.4 Å². The standard InChI is InChI=1S/C21H21NO3/c1-3-25-21(23)16-22-15-19-9-5-4-8-18(19)10-6-7-17-11-13-20(24-2)14-12-17/h4-5,8-9,11-15H,3,10,16H2,1-2H3. The number of carbonyl (C=O) groups excluding carboxylic acids is 1. The molecule has 0 radical (unpaired) electrons. The lowest BCUT2D eigenvalue weighted by Gasteiger charge is -2.01. The van der Waals surface area contributed by atoms with E-state index in [1.807, 2.05) is 48.5 Å². The molecule has 4 heteroatoms. The van der Waals surface area contributed by atoms with Crippen molar-refractivity contribution in [1.82, 2.24) is 0 Å². The highest BCUT2D eigenvalue weighted by Gasteiger charge is 2.00. The Morgan fingerprint density at radius 2 is 1.92 bits per heavy atom. The van der Waals surface area contributed by atoms with E-state index in [2.05, 4.69) is 16.8 Å². The van der Waals surface area contributed by atoms with Crippen molar-refractivity contribution in [2.45, 2.75) is 13.3 Å². The first kappa shape index (κ1) is 18.3. The number of methoxy groups -OCH3 is 1. The second-order valence-electron chi connectivity index (χ2n) is 5.18. The van der Waals surface area contributed by atoms with Crippen LogP contribution in [-0.2, 0) is 16.0 Å². The first-order valence-electron chi connectivity index (χ1n) is 8.09. The second kappa shape index (κ2) is 9.94. The van der Waals surface area contributed by atoms with Crippen LogP contribution in [0.3, 0.4) is 0 Å². The van der Waals surface area contributed by atoms with Gasteiger partial charge in [0.1, 0.15) is 12.3 Å². The summed E-state index contributed by atoms with van der Waals surface area (Å²) in [4.78, 5) is 15.5. The molecule has 0 saturated carbocycles. The van der Waals surface area contributed by atoms with Gasteiger partial charge in [0, 0.05) is 18.2 Å². The Morgan fingerprint density at radius 3 is 2.64 bits per heavy atom. The summed E-state index contributed by atoms with van der Waals surface area (Å²) in [5, 5.41) is 0. The molecule has 0 bridgehead atoms. The van der Waals surface area contributed by atoms with Crippen molar-refractivity contribution in [3.8, 4) is 17.6 Å². The quantitative estimate of drug-likeness (QED) is 0.462. The van der Waals surface area contributed by atoms with Gasteiger partial charge in [-0.3, -0.25) is 9.79 Å². The zero-order chi connectivity index (χ0) is 17.9. The number of nitrogens with zero attached hydrogens (tertiary/aromatic N) is 1. The van der Waals surface area contributed by atoms with E-state index in [9.17, 15) is 4.79 Å². The number of rotatable bonds is 6. The van der Waals surface area contributed by atoms with Gasteiger partial charge in [-0.2, -0.15) is 0 Å². The molecular formula is C21H21NO3. The fourth-order valence-electron chi connectivity index (χ4n) is 2.16. The van der Waals surface area contributed by atoms with Crippen LogP contribution in [0.15, 0.2) is 53.5 Å². The molecule has 128 valence electrons. The molecule has 2 aromatic rings. The maximum Gasteiger partial charge on any atom is 0.327 e. The van der Waals surface area contributed by atoms with Crippen molar-refractivity contribution in [2.24, 2.45) is 4.99 Å². The van der Waals surface area contributed by atoms with Gasteiger partial charge >= 0.3 is 5.97 Å². The van der Waals surface area contributed by atoms with Gasteiger partial charge in [-0.05, 0) is 42.3 Å². The molecule has 2 aromatic carbocycles. The molecule has 0 aliphatic carbocycles. The predicted octanol–water partition coefficient (Wildman–Crippen LogP) is 3.27. The fraction of sp³-hybridized carbons (Fsp3) is 0.238. The van der Waals surface area contributed by atoms with E-state index in [0.29, 0.717) is 13.0 Å². The summed E-state index contributed by atoms with van der Waals surface area (Å²) in [6.07, 6.45) is 2.30. The maximum atomic E-state index is 11.3. The number of aliphatic imine (C=N–C) groups is 1. The summed E-state index contributed by atoms with van der Waals surface area (Å²) < 4.78 is 9.99. The zero-order valence-electron chi connectivity index (χ0n) is 14.5. The highest BCUT2D eigenvalue weighted by atomic mass is 16.5. The summed E-state index contributed by atoms with van der Waals surface area (Å²) in [5.74, 6) is 6.80. The van der Waals surface area contributed by atoms with E-state index in [4.69, 9.17) is 9.47 Å². The molecule has 0 atom stereocenters. The molecule has 0 fully saturated rings. The van der Waals surface area contributed by atoms with E-state index in [0.717, 1.165) is 22.4 Å². The monoisotopic (exact) mass is 335 g/mol. The predicted molar refractivity (Wildman–Crippen MR) is 99.1 cm³/mol. The molecule has 0 saturated heterocycles. The van der Waals surface area contributed by atoms with E-state index in [1.165, 1.54) is 0 Å². The molecular weight excluding hydrogens is 314 g/mol. The third-order valence-corrected chi connectivity index (χ3v) is 3.41. The van der Waals surface area contributed by atoms with Crippen molar-refractivity contribution < 1.29 is 14.3 Å². The van der Waals surface area contributed by atoms with Crippen molar-refractivity contribution in [2.75, 3.05) is 20.3 Å². The smallest absolute Gasteiger partial charge is 0.327 e. The normalized spacial score (nSPS) is 10.2. The maximum absolute atomic E-state index is 11.3. The highest BCUT2D eigenvalue weighted by molar-refractivity contribution is 5.84. The molecule has 0 amide bonds. The first-order valence-corrected chi connectivity index (χ1v) is 8.09. The largest absolute Gasteiger partial charge is 0.497 e. The summed E-state index contributed by atoms with van der Waals surface area (Å²) in [6.45, 7) is 2.17. The lowest BCUT2D eigenvalue weighted by Crippen LogP contribution is -2.07. The zero-order valence-corrected chi connectivity index (χ0v) is 14.5. The molecule has 4 nitrogen and oxygen atoms in total. The Hall–Kier alpha value is -3.06. The van der Waals surface area contributed by atoms with Crippen LogP contribution < -0.4 is 4.74 Å². The highest BCUT2D eigenvalue weighted by Crippen LogP contribution is 2.11. The molecule has 0 N–H and O–H groups in total. The third kappa shape index (κ3) is 6.15. The van der Waals surface area contributed by atoms with Gasteiger partial charge in [0.15, 0.2) is 0 Å². The molecule has 2 rings (SSSR count). The Kier molecular flexibility index (Phi) is 7.27. The minimum Gasteiger partial charge on any atom is -0.497 e. The van der Waals surface area contributed by atoms with Crippen LogP contribution in [0.25, 0.3) is 0 Å². The van der Waals surface area contributed by atoms with Crippen LogP contribution in [0, 0.1) is 11.8 Å². The number of hydrogen-bond acceptors (Lipinski definition) is 4. The molecule has 0 aromatic heterocycles. The van der Waals surface area contributed by atoms with E-state index >= 15 is 0 Å². The molecule has 25 heavy (non-hydrogen) atoms. The number of benzene rings is 2. The molecule has 0 aliphatic heterocycles. The first-order chi connectivity index (χ1) is 12.2. The fourth-order valence-corrected chi connectivity index (χ4v) is 2.16. The average molecular weight is 335 g/mol. The lowest BCUT2D eigenvalue weighted by atomic mass is 10.1. The second-order valence-corrected chi connectivity index (χ2v) is 5.18. The Morgan fingerprint density at radius 1 is 1.16 bits per heavy atom. The number of hydrogen-bond donors (Lipinski definition) is 0. The van der Waals surface area contributed by atoms with Gasteiger partial charge in [-0.25, -0.2) is 0 Å². The van der Waals surface area contributed by atoms with Gasteiger partial charge in [-0.1, -0.05) is 36.1 Å². The molecule has 0 unspecified atom stereocenters. The van der Waals surface area contributed by atoms with Gasteiger partial charge in [0.25, 0.3) is 0 Å². The SMILES string of the molecule is CCOC(=O)CN=Cc1ccccc1CC#Cc1ccc(OC)cc1. The van der Waals surface area contributed by atoms with Crippen molar-refractivity contribution >= 4 is 12.2 Å². The number of esters is 1. The summed E-state index contributed by atoms with van der Waals surface area (Å²) in [5.41, 5.74) is 2.96. The topological polar surface area (TPSA) is 47.9 Å². The summed E-state index contributed by atoms with van der Waals surface area (Å²) in [7, 11) is 1.64. The van der Waals surface area contributed by atoms with Crippen LogP contribution in [0.1, 0.15) is 23.6 Å². The van der Waals surface area contributed by atoms with E-state index < -0.39 is 0 Å². The van der Waals surface area contributed by atoms with Gasteiger partial charge in [0.2, 0.25) is 0 Å². The number of carbonyl (C=O) groups is 1. The van der Waals surface area contributed by atoms with Crippen molar-refractivity contribution in [3.05, 3.63) is 65.2 Å². The van der Waals surface area contributed by atoms with Crippen molar-refractivity contribution in [1.29, 1.82) is 0 Å². The minimum atomic E-state index is -0.324. The van der Waals surface area contributed by atoms with Gasteiger partial charge < -0.3 is 9.47 Å². The van der Waals surface area contributed by atoms with Crippen LogP contribution in [0.2, 0.25) is 0 Å². The van der Waals surface area contributed by atoms with E-state index in [-0.39, 0.29) is 12.5 Å². The lowest BCUT2D eigenvalue weighted by molar-refractivity contribution is -0.141. The summed E-state index contributed by atoms with van der Waals surface area (Å²) in [6, 6.07) is 15.5. The van der Waals surface area contributed by atoms with Crippen LogP contribution in [0.4, 0.5) is 0 Å². The average Bonchev–Trinajstić information content (AvgIpc) is 2.64. The third-order valence-electron chi connectivity index (χ3n) is 3.41. The van der Waals surface area contributed by atoms with E-state index in [1.54, 1.807) is 20.2 Å². The van der Waals surface area contributed by atoms with Gasteiger partial charge in [0.05, 0.1) is 13.7 Å². The van der Waals surface area contributed by atoms with Crippen LogP contribution in [0.5, 0.6) is 5.75 Å². The summed E-state index contributed by atoms with van der Waals surface area (Å²) >= 11 is 0. The molecule has 0 heterocycles. The molecule has 0 aliphatic rings. The Bertz CT molecular complexity index is 783. The Labute approximate surface area is 148 Å². The number of ether oxygens (including phenoxy) is 2. The van der Waals surface area contributed by atoms with Crippen molar-refractivity contribution in [3.63, 3.8) is 0 Å².